The van der Waals surface area contributed by atoms with Gasteiger partial charge in [-0.1, -0.05) is 26.8 Å². The zero-order valence-electron chi connectivity index (χ0n) is 10.6. The Balaban J connectivity index is 2.01. The van der Waals surface area contributed by atoms with Gasteiger partial charge in [-0.05, 0) is 17.0 Å². The summed E-state index contributed by atoms with van der Waals surface area (Å²) >= 11 is 0. The number of rotatable bonds is 2. The maximum atomic E-state index is 11.1. The molecule has 1 atom stereocenters. The molecule has 4 heteroatoms. The minimum atomic E-state index is 0.105. The van der Waals surface area contributed by atoms with Gasteiger partial charge < -0.3 is 10.6 Å². The predicted octanol–water partition coefficient (Wildman–Crippen LogP) is 1.68. The third kappa shape index (κ3) is 2.96. The van der Waals surface area contributed by atoms with Crippen molar-refractivity contribution in [2.24, 2.45) is 0 Å². The van der Waals surface area contributed by atoms with E-state index in [-0.39, 0.29) is 17.4 Å². The molecule has 17 heavy (non-hydrogen) atoms. The lowest BCUT2D eigenvalue weighted by Crippen LogP contribution is -2.23. The highest BCUT2D eigenvalue weighted by Gasteiger charge is 2.21. The molecule has 4 nitrogen and oxygen atoms in total. The Labute approximate surface area is 102 Å². The fourth-order valence-corrected chi connectivity index (χ4v) is 1.84. The Kier molecular flexibility index (Phi) is 3.05. The topological polar surface area (TPSA) is 54.0 Å². The Morgan fingerprint density at radius 2 is 2.18 bits per heavy atom. The van der Waals surface area contributed by atoms with Gasteiger partial charge in [0.15, 0.2) is 0 Å². The minimum Gasteiger partial charge on any atom is -0.365 e. The van der Waals surface area contributed by atoms with Crippen molar-refractivity contribution in [1.29, 1.82) is 0 Å². The second-order valence-corrected chi connectivity index (χ2v) is 5.53. The smallest absolute Gasteiger partial charge is 0.222 e. The van der Waals surface area contributed by atoms with Crippen molar-refractivity contribution in [3.05, 3.63) is 23.9 Å². The molecule has 0 bridgehead atoms. The van der Waals surface area contributed by atoms with Gasteiger partial charge in [-0.3, -0.25) is 4.79 Å². The molecule has 92 valence electrons. The maximum absolute atomic E-state index is 11.1. The number of pyridine rings is 1. The Hall–Kier alpha value is -1.58. The number of amides is 1. The van der Waals surface area contributed by atoms with Gasteiger partial charge in [0.2, 0.25) is 5.91 Å². The first-order chi connectivity index (χ1) is 7.95. The maximum Gasteiger partial charge on any atom is 0.222 e. The van der Waals surface area contributed by atoms with Crippen LogP contribution < -0.4 is 10.6 Å². The molecular weight excluding hydrogens is 214 g/mol. The van der Waals surface area contributed by atoms with E-state index in [4.69, 9.17) is 0 Å². The SMILES string of the molecule is CC(C)(C)c1ccc(NC2CNC(=O)C2)nc1. The van der Waals surface area contributed by atoms with E-state index < -0.39 is 0 Å². The van der Waals surface area contributed by atoms with Gasteiger partial charge >= 0.3 is 0 Å². The number of carbonyl (C=O) groups is 1. The van der Waals surface area contributed by atoms with Crippen LogP contribution in [0.15, 0.2) is 18.3 Å². The van der Waals surface area contributed by atoms with Gasteiger partial charge in [0.1, 0.15) is 5.82 Å². The van der Waals surface area contributed by atoms with Gasteiger partial charge in [0.25, 0.3) is 0 Å². The Morgan fingerprint density at radius 3 is 2.65 bits per heavy atom. The number of carbonyl (C=O) groups excluding carboxylic acids is 1. The number of hydrogen-bond acceptors (Lipinski definition) is 3. The zero-order valence-corrected chi connectivity index (χ0v) is 10.6. The summed E-state index contributed by atoms with van der Waals surface area (Å²) in [6.07, 6.45) is 2.43. The van der Waals surface area contributed by atoms with Crippen molar-refractivity contribution in [3.63, 3.8) is 0 Å². The molecule has 1 saturated heterocycles. The van der Waals surface area contributed by atoms with E-state index in [1.54, 1.807) is 0 Å². The van der Waals surface area contributed by atoms with E-state index in [1.807, 2.05) is 12.3 Å². The summed E-state index contributed by atoms with van der Waals surface area (Å²) in [6, 6.07) is 4.22. The van der Waals surface area contributed by atoms with E-state index in [2.05, 4.69) is 42.5 Å². The van der Waals surface area contributed by atoms with Crippen LogP contribution in [0.2, 0.25) is 0 Å². The second-order valence-electron chi connectivity index (χ2n) is 5.53. The molecule has 0 aliphatic carbocycles. The first-order valence-electron chi connectivity index (χ1n) is 5.95. The standard InChI is InChI=1S/C13H19N3O/c1-13(2,3)9-4-5-11(14-7-9)16-10-6-12(17)15-8-10/h4-5,7,10H,6,8H2,1-3H3,(H,14,16)(H,15,17). The van der Waals surface area contributed by atoms with Gasteiger partial charge in [-0.2, -0.15) is 0 Å². The summed E-state index contributed by atoms with van der Waals surface area (Å²) in [6.45, 7) is 7.17. The van der Waals surface area contributed by atoms with E-state index in [0.717, 1.165) is 5.82 Å². The van der Waals surface area contributed by atoms with E-state index in [0.29, 0.717) is 13.0 Å². The number of hydrogen-bond donors (Lipinski definition) is 2. The molecule has 0 saturated carbocycles. The quantitative estimate of drug-likeness (QED) is 0.817. The van der Waals surface area contributed by atoms with Crippen molar-refractivity contribution in [3.8, 4) is 0 Å². The first-order valence-corrected chi connectivity index (χ1v) is 5.95. The van der Waals surface area contributed by atoms with Crippen LogP contribution in [-0.2, 0) is 10.2 Å². The molecule has 1 aromatic rings. The number of aromatic nitrogens is 1. The van der Waals surface area contributed by atoms with E-state index in [1.165, 1.54) is 5.56 Å². The summed E-state index contributed by atoms with van der Waals surface area (Å²) in [5.74, 6) is 0.938. The monoisotopic (exact) mass is 233 g/mol. The number of nitrogens with one attached hydrogen (secondary N) is 2. The Morgan fingerprint density at radius 1 is 1.41 bits per heavy atom. The first kappa shape index (κ1) is 11.9. The van der Waals surface area contributed by atoms with Crippen LogP contribution in [0.3, 0.4) is 0 Å². The highest BCUT2D eigenvalue weighted by Crippen LogP contribution is 2.22. The highest BCUT2D eigenvalue weighted by molar-refractivity contribution is 5.79. The second kappa shape index (κ2) is 4.35. The molecule has 1 fully saturated rings. The molecule has 0 spiro atoms. The highest BCUT2D eigenvalue weighted by atomic mass is 16.1. The van der Waals surface area contributed by atoms with Crippen LogP contribution in [0.4, 0.5) is 5.82 Å². The predicted molar refractivity (Wildman–Crippen MR) is 68.0 cm³/mol. The van der Waals surface area contributed by atoms with Gasteiger partial charge in [0.05, 0.1) is 6.04 Å². The molecule has 1 unspecified atom stereocenters. The van der Waals surface area contributed by atoms with Crippen LogP contribution in [0.1, 0.15) is 32.8 Å². The fraction of sp³-hybridized carbons (Fsp3) is 0.538. The molecule has 2 heterocycles. The molecule has 2 rings (SSSR count). The lowest BCUT2D eigenvalue weighted by atomic mass is 9.88. The van der Waals surface area contributed by atoms with Crippen molar-refractivity contribution in [2.75, 3.05) is 11.9 Å². The van der Waals surface area contributed by atoms with Crippen LogP contribution in [0.25, 0.3) is 0 Å². The molecule has 0 radical (unpaired) electrons. The lowest BCUT2D eigenvalue weighted by Gasteiger charge is -2.19. The molecule has 1 aromatic heterocycles. The van der Waals surface area contributed by atoms with Crippen LogP contribution in [-0.4, -0.2) is 23.5 Å². The molecule has 2 N–H and O–H groups in total. The normalized spacial score (nSPS) is 20.2. The van der Waals surface area contributed by atoms with Gasteiger partial charge in [-0.25, -0.2) is 4.98 Å². The van der Waals surface area contributed by atoms with Crippen LogP contribution >= 0.6 is 0 Å². The average Bonchev–Trinajstić information content (AvgIpc) is 2.63. The van der Waals surface area contributed by atoms with Crippen molar-refractivity contribution in [1.82, 2.24) is 10.3 Å². The van der Waals surface area contributed by atoms with Crippen LogP contribution in [0, 0.1) is 0 Å². The molecule has 1 aliphatic rings. The van der Waals surface area contributed by atoms with Crippen LogP contribution in [0.5, 0.6) is 0 Å². The van der Waals surface area contributed by atoms with E-state index in [9.17, 15) is 4.79 Å². The summed E-state index contributed by atoms with van der Waals surface area (Å²) in [5, 5.41) is 6.05. The molecule has 1 amide bonds. The largest absolute Gasteiger partial charge is 0.365 e. The van der Waals surface area contributed by atoms with Gasteiger partial charge in [-0.15, -0.1) is 0 Å². The fourth-order valence-electron chi connectivity index (χ4n) is 1.84. The molecular formula is C13H19N3O. The molecule has 1 aliphatic heterocycles. The van der Waals surface area contributed by atoms with Crippen molar-refractivity contribution in [2.45, 2.75) is 38.6 Å². The van der Waals surface area contributed by atoms with E-state index >= 15 is 0 Å². The number of nitrogens with zero attached hydrogens (tertiary/aromatic N) is 1. The Bertz CT molecular complexity index is 406. The van der Waals surface area contributed by atoms with Crippen molar-refractivity contribution >= 4 is 11.7 Å². The average molecular weight is 233 g/mol. The third-order valence-corrected chi connectivity index (χ3v) is 2.96. The van der Waals surface area contributed by atoms with Gasteiger partial charge in [0, 0.05) is 19.2 Å². The lowest BCUT2D eigenvalue weighted by molar-refractivity contribution is -0.119. The summed E-state index contributed by atoms with van der Waals surface area (Å²) < 4.78 is 0. The summed E-state index contributed by atoms with van der Waals surface area (Å²) in [5.41, 5.74) is 1.33. The zero-order chi connectivity index (χ0) is 12.5. The summed E-state index contributed by atoms with van der Waals surface area (Å²) in [4.78, 5) is 15.4. The summed E-state index contributed by atoms with van der Waals surface area (Å²) in [7, 11) is 0. The molecule has 0 aromatic carbocycles. The van der Waals surface area contributed by atoms with Crippen molar-refractivity contribution < 1.29 is 4.79 Å². The minimum absolute atomic E-state index is 0.105. The third-order valence-electron chi connectivity index (χ3n) is 2.96. The number of anilines is 1.